The summed E-state index contributed by atoms with van der Waals surface area (Å²) in [5.41, 5.74) is 0. The van der Waals surface area contributed by atoms with E-state index in [1.807, 2.05) is 12.1 Å². The van der Waals surface area contributed by atoms with Crippen molar-refractivity contribution in [2.75, 3.05) is 0 Å². The quantitative estimate of drug-likeness (QED) is 0.421. The molecule has 0 amide bonds. The van der Waals surface area contributed by atoms with Crippen molar-refractivity contribution in [3.63, 3.8) is 0 Å². The molecule has 1 heterocycles. The average Bonchev–Trinajstić information content (AvgIpc) is 2.33. The van der Waals surface area contributed by atoms with Crippen molar-refractivity contribution in [2.45, 2.75) is 0 Å². The monoisotopic (exact) mass is 236 g/mol. The van der Waals surface area contributed by atoms with E-state index >= 15 is 0 Å². The van der Waals surface area contributed by atoms with Gasteiger partial charge < -0.3 is 17.0 Å². The molecular formula is C8H5BrMgS. The van der Waals surface area contributed by atoms with E-state index in [1.165, 1.54) is 10.1 Å². The van der Waals surface area contributed by atoms with Gasteiger partial charge in [0.05, 0.1) is 0 Å². The maximum Gasteiger partial charge on any atom is 2.00 e. The fourth-order valence-corrected chi connectivity index (χ4v) is 1.60. The van der Waals surface area contributed by atoms with Gasteiger partial charge in [-0.3, -0.25) is 0 Å². The van der Waals surface area contributed by atoms with Crippen LogP contribution in [0.4, 0.5) is 0 Å². The van der Waals surface area contributed by atoms with E-state index in [1.54, 1.807) is 11.3 Å². The Bertz CT molecular complexity index is 288. The molecule has 2 rings (SSSR count). The number of hydrogen-bond acceptors (Lipinski definition) is 1. The largest absolute Gasteiger partial charge is 2.00 e. The summed E-state index contributed by atoms with van der Waals surface area (Å²) in [5, 5.41) is 3.38. The molecule has 0 aliphatic rings. The molecule has 11 heavy (non-hydrogen) atoms. The molecule has 2 aromatic rings. The van der Waals surface area contributed by atoms with E-state index < -0.39 is 0 Å². The fourth-order valence-electron chi connectivity index (χ4n) is 0.843. The summed E-state index contributed by atoms with van der Waals surface area (Å²) in [4.78, 5) is 0. The van der Waals surface area contributed by atoms with Gasteiger partial charge in [-0.1, -0.05) is 10.8 Å². The smallest absolute Gasteiger partial charge is 1.00 e. The van der Waals surface area contributed by atoms with E-state index in [2.05, 4.69) is 23.6 Å². The van der Waals surface area contributed by atoms with Gasteiger partial charge in [0, 0.05) is 0 Å². The predicted molar refractivity (Wildman–Crippen MR) is 46.4 cm³/mol. The van der Waals surface area contributed by atoms with Crippen LogP contribution in [0, 0.1) is 6.07 Å². The average molecular weight is 237 g/mol. The zero-order chi connectivity index (χ0) is 6.10. The third-order valence-electron chi connectivity index (χ3n) is 1.28. The zero-order valence-corrected chi connectivity index (χ0v) is 9.70. The minimum absolute atomic E-state index is 0. The topological polar surface area (TPSA) is 0 Å². The first-order chi connectivity index (χ1) is 4.47. The van der Waals surface area contributed by atoms with Gasteiger partial charge in [0.25, 0.3) is 0 Å². The van der Waals surface area contributed by atoms with Gasteiger partial charge in [-0.2, -0.15) is 35.6 Å². The van der Waals surface area contributed by atoms with Crippen molar-refractivity contribution in [1.82, 2.24) is 0 Å². The molecule has 0 bridgehead atoms. The summed E-state index contributed by atoms with van der Waals surface area (Å²) in [5.74, 6) is 0. The van der Waals surface area contributed by atoms with Crippen molar-refractivity contribution in [1.29, 1.82) is 0 Å². The Morgan fingerprint density at radius 3 is 2.82 bits per heavy atom. The van der Waals surface area contributed by atoms with Crippen LogP contribution in [0.25, 0.3) is 10.1 Å². The fraction of sp³-hybridized carbons (Fsp3) is 0. The maximum absolute atomic E-state index is 3.15. The van der Waals surface area contributed by atoms with Gasteiger partial charge >= 0.3 is 23.1 Å². The van der Waals surface area contributed by atoms with Gasteiger partial charge in [0.15, 0.2) is 0 Å². The molecule has 0 saturated carbocycles. The van der Waals surface area contributed by atoms with Gasteiger partial charge in [-0.25, -0.2) is 0 Å². The van der Waals surface area contributed by atoms with Crippen LogP contribution < -0.4 is 17.0 Å². The van der Waals surface area contributed by atoms with Crippen LogP contribution in [0.15, 0.2) is 29.6 Å². The van der Waals surface area contributed by atoms with E-state index in [9.17, 15) is 0 Å². The minimum atomic E-state index is 0. The summed E-state index contributed by atoms with van der Waals surface area (Å²) in [6.07, 6.45) is 0. The Morgan fingerprint density at radius 1 is 1.27 bits per heavy atom. The number of halogens is 1. The first-order valence-electron chi connectivity index (χ1n) is 2.81. The van der Waals surface area contributed by atoms with Gasteiger partial charge in [-0.15, -0.1) is 5.39 Å². The summed E-state index contributed by atoms with van der Waals surface area (Å²) >= 11 is 1.73. The van der Waals surface area contributed by atoms with Crippen molar-refractivity contribution in [2.24, 2.45) is 0 Å². The van der Waals surface area contributed by atoms with Crippen LogP contribution in [0.3, 0.4) is 0 Å². The van der Waals surface area contributed by atoms with Crippen molar-refractivity contribution < 1.29 is 17.0 Å². The molecule has 0 fully saturated rings. The van der Waals surface area contributed by atoms with E-state index in [-0.39, 0.29) is 40.0 Å². The van der Waals surface area contributed by atoms with Crippen LogP contribution >= 0.6 is 11.3 Å². The first kappa shape index (κ1) is 11.4. The minimum Gasteiger partial charge on any atom is -1.00 e. The predicted octanol–water partition coefficient (Wildman–Crippen LogP) is -0.675. The molecule has 1 aromatic heterocycles. The van der Waals surface area contributed by atoms with Crippen molar-refractivity contribution >= 4 is 44.5 Å². The summed E-state index contributed by atoms with van der Waals surface area (Å²) in [6, 6.07) is 11.3. The van der Waals surface area contributed by atoms with Crippen LogP contribution in [-0.4, -0.2) is 23.1 Å². The van der Waals surface area contributed by atoms with E-state index in [0.29, 0.717) is 0 Å². The molecule has 0 saturated heterocycles. The number of rotatable bonds is 0. The molecule has 1 aromatic carbocycles. The summed E-state index contributed by atoms with van der Waals surface area (Å²) in [6.45, 7) is 0. The molecule has 0 aliphatic heterocycles. The van der Waals surface area contributed by atoms with Crippen molar-refractivity contribution in [3.8, 4) is 0 Å². The molecule has 0 N–H and O–H groups in total. The standard InChI is InChI=1S/C8H5S.BrH.Mg/c1-2-4-8-7(3-1)5-6-9-8;;/h1-3,5-6H;1H;/q-1;;+2/p-1. The molecule has 3 heteroatoms. The molecule has 0 radical (unpaired) electrons. The molecule has 52 valence electrons. The molecule has 0 aliphatic carbocycles. The van der Waals surface area contributed by atoms with Gasteiger partial charge in [0.1, 0.15) is 0 Å². The van der Waals surface area contributed by atoms with E-state index in [4.69, 9.17) is 0 Å². The number of hydrogen-bond donors (Lipinski definition) is 0. The molecule has 0 unspecified atom stereocenters. The Balaban J connectivity index is 0.000000500. The number of fused-ring (bicyclic) bond motifs is 1. The third-order valence-corrected chi connectivity index (χ3v) is 2.14. The van der Waals surface area contributed by atoms with Gasteiger partial charge in [0.2, 0.25) is 0 Å². The Morgan fingerprint density at radius 2 is 2.09 bits per heavy atom. The third kappa shape index (κ3) is 2.44. The van der Waals surface area contributed by atoms with Gasteiger partial charge in [-0.05, 0) is 5.38 Å². The van der Waals surface area contributed by atoms with Crippen LogP contribution in [-0.2, 0) is 0 Å². The van der Waals surface area contributed by atoms with Crippen LogP contribution in [0.2, 0.25) is 0 Å². The van der Waals surface area contributed by atoms with Crippen LogP contribution in [0.1, 0.15) is 0 Å². The molecular weight excluding hydrogens is 232 g/mol. The molecule has 0 nitrogen and oxygen atoms in total. The second-order valence-corrected chi connectivity index (χ2v) is 2.79. The molecule has 0 atom stereocenters. The second-order valence-electron chi connectivity index (χ2n) is 1.88. The SMILES string of the molecule is [Br-].[Mg+2].[c-]1cccc2ccsc12. The summed E-state index contributed by atoms with van der Waals surface area (Å²) in [7, 11) is 0. The maximum atomic E-state index is 3.15. The second kappa shape index (κ2) is 5.14. The normalized spacial score (nSPS) is 8.36. The number of thiophene rings is 1. The zero-order valence-electron chi connectivity index (χ0n) is 5.88. The molecule has 0 spiro atoms. The van der Waals surface area contributed by atoms with E-state index in [0.717, 1.165) is 0 Å². The van der Waals surface area contributed by atoms with Crippen LogP contribution in [0.5, 0.6) is 0 Å². The summed E-state index contributed by atoms with van der Waals surface area (Å²) < 4.78 is 1.25. The number of benzene rings is 1. The Kier molecular flexibility index (Phi) is 5.34. The Hall–Kier alpha value is 0.426. The van der Waals surface area contributed by atoms with Crippen molar-refractivity contribution in [3.05, 3.63) is 35.7 Å². The first-order valence-corrected chi connectivity index (χ1v) is 3.69. The Labute approximate surface area is 96.5 Å².